The summed E-state index contributed by atoms with van der Waals surface area (Å²) in [5.74, 6) is 0.543. The second kappa shape index (κ2) is 7.36. The van der Waals surface area contributed by atoms with Crippen molar-refractivity contribution in [3.63, 3.8) is 0 Å². The average molecular weight is 367 g/mol. The molecule has 0 spiro atoms. The summed E-state index contributed by atoms with van der Waals surface area (Å²) in [7, 11) is 0. The van der Waals surface area contributed by atoms with Gasteiger partial charge in [-0.25, -0.2) is 9.67 Å². The van der Waals surface area contributed by atoms with Gasteiger partial charge in [0, 0.05) is 37.3 Å². The van der Waals surface area contributed by atoms with E-state index in [0.29, 0.717) is 37.5 Å². The van der Waals surface area contributed by atoms with Gasteiger partial charge in [0.2, 0.25) is 5.91 Å². The third-order valence-electron chi connectivity index (χ3n) is 4.46. The van der Waals surface area contributed by atoms with Gasteiger partial charge < -0.3 is 14.2 Å². The number of carbonyl (C=O) groups is 2. The molecule has 0 unspecified atom stereocenters. The lowest BCUT2D eigenvalue weighted by atomic mass is 10.1. The molecule has 138 valence electrons. The minimum absolute atomic E-state index is 0.0494. The van der Waals surface area contributed by atoms with Gasteiger partial charge >= 0.3 is 0 Å². The van der Waals surface area contributed by atoms with Crippen LogP contribution < -0.4 is 0 Å². The van der Waals surface area contributed by atoms with E-state index in [-0.39, 0.29) is 18.4 Å². The van der Waals surface area contributed by atoms with Crippen molar-refractivity contribution in [2.45, 2.75) is 6.54 Å². The summed E-state index contributed by atoms with van der Waals surface area (Å²) >= 11 is 0. The van der Waals surface area contributed by atoms with Gasteiger partial charge in [-0.1, -0.05) is 12.1 Å². The molecule has 2 aromatic heterocycles. The van der Waals surface area contributed by atoms with Crippen molar-refractivity contribution < 1.29 is 14.0 Å². The summed E-state index contributed by atoms with van der Waals surface area (Å²) in [6.07, 6.45) is 4.40. The molecule has 3 heterocycles. The quantitative estimate of drug-likeness (QED) is 0.653. The number of oxazole rings is 1. The summed E-state index contributed by atoms with van der Waals surface area (Å²) < 4.78 is 6.63. The smallest absolute Gasteiger partial charge is 0.253 e. The van der Waals surface area contributed by atoms with Crippen LogP contribution in [0.1, 0.15) is 10.4 Å². The fraction of sp³-hybridized carbons (Fsp3) is 0.294. The first kappa shape index (κ1) is 16.9. The molecule has 1 aromatic carbocycles. The Labute approximate surface area is 154 Å². The van der Waals surface area contributed by atoms with E-state index in [1.807, 2.05) is 12.1 Å². The molecule has 0 radical (unpaired) electrons. The number of nitrogens with zero attached hydrogens (tertiary/aromatic N) is 7. The van der Waals surface area contributed by atoms with Crippen LogP contribution in [0.3, 0.4) is 0 Å². The van der Waals surface area contributed by atoms with Gasteiger partial charge in [-0.15, -0.1) is 5.10 Å². The summed E-state index contributed by atoms with van der Waals surface area (Å²) in [6, 6.07) is 7.21. The Hall–Kier alpha value is -3.56. The van der Waals surface area contributed by atoms with Crippen LogP contribution in [0, 0.1) is 0 Å². The Morgan fingerprint density at radius 2 is 1.78 bits per heavy atom. The number of tetrazole rings is 1. The van der Waals surface area contributed by atoms with E-state index in [2.05, 4.69) is 20.5 Å². The summed E-state index contributed by atoms with van der Waals surface area (Å²) in [6.45, 7) is 2.06. The molecule has 0 atom stereocenters. The molecule has 0 bridgehead atoms. The van der Waals surface area contributed by atoms with Gasteiger partial charge in [0.15, 0.2) is 12.2 Å². The van der Waals surface area contributed by atoms with E-state index in [4.69, 9.17) is 4.42 Å². The molecule has 4 rings (SSSR count). The molecule has 3 aromatic rings. The van der Waals surface area contributed by atoms with Gasteiger partial charge in [0.05, 0.1) is 6.20 Å². The fourth-order valence-corrected chi connectivity index (χ4v) is 2.97. The number of carbonyl (C=O) groups excluding carboxylic acids is 2. The van der Waals surface area contributed by atoms with Gasteiger partial charge in [0.25, 0.3) is 5.91 Å². The van der Waals surface area contributed by atoms with E-state index < -0.39 is 0 Å². The summed E-state index contributed by atoms with van der Waals surface area (Å²) in [5.41, 5.74) is 1.47. The molecule has 10 heteroatoms. The van der Waals surface area contributed by atoms with Crippen LogP contribution in [0.4, 0.5) is 0 Å². The third-order valence-corrected chi connectivity index (χ3v) is 4.46. The molecule has 2 amide bonds. The van der Waals surface area contributed by atoms with E-state index in [1.54, 1.807) is 28.1 Å². The van der Waals surface area contributed by atoms with Crippen LogP contribution in [0.5, 0.6) is 0 Å². The van der Waals surface area contributed by atoms with Gasteiger partial charge in [-0.2, -0.15) is 0 Å². The van der Waals surface area contributed by atoms with E-state index in [9.17, 15) is 9.59 Å². The minimum Gasteiger partial charge on any atom is -0.444 e. The van der Waals surface area contributed by atoms with Crippen molar-refractivity contribution in [3.8, 4) is 11.3 Å². The standard InChI is InChI=1S/C17H17N7O3/c25-16(10-24-11-19-20-21-24)22-5-7-23(8-6-22)17(26)14-3-1-13(2-4-14)15-9-18-12-27-15/h1-4,9,11-12H,5-8,10H2. The van der Waals surface area contributed by atoms with E-state index >= 15 is 0 Å². The maximum absolute atomic E-state index is 12.7. The summed E-state index contributed by atoms with van der Waals surface area (Å²) in [5, 5.41) is 10.7. The number of hydrogen-bond donors (Lipinski definition) is 0. The minimum atomic E-state index is -0.0641. The van der Waals surface area contributed by atoms with Crippen LogP contribution in [0.25, 0.3) is 11.3 Å². The van der Waals surface area contributed by atoms with Crippen LogP contribution in [-0.4, -0.2) is 73.0 Å². The van der Waals surface area contributed by atoms with Crippen LogP contribution in [0.2, 0.25) is 0 Å². The molecular formula is C17H17N7O3. The first-order chi connectivity index (χ1) is 13.2. The van der Waals surface area contributed by atoms with E-state index in [1.165, 1.54) is 17.4 Å². The van der Waals surface area contributed by atoms with Gasteiger partial charge in [0.1, 0.15) is 12.9 Å². The van der Waals surface area contributed by atoms with Gasteiger partial charge in [-0.3, -0.25) is 9.59 Å². The van der Waals surface area contributed by atoms with Crippen molar-refractivity contribution >= 4 is 11.8 Å². The predicted molar refractivity (Wildman–Crippen MR) is 92.2 cm³/mol. The second-order valence-corrected chi connectivity index (χ2v) is 6.12. The zero-order valence-electron chi connectivity index (χ0n) is 14.4. The van der Waals surface area contributed by atoms with Crippen LogP contribution in [-0.2, 0) is 11.3 Å². The number of rotatable bonds is 4. The maximum atomic E-state index is 12.7. The lowest BCUT2D eigenvalue weighted by Crippen LogP contribution is -2.51. The monoisotopic (exact) mass is 367 g/mol. The highest BCUT2D eigenvalue weighted by molar-refractivity contribution is 5.94. The molecule has 10 nitrogen and oxygen atoms in total. The molecule has 1 saturated heterocycles. The Morgan fingerprint density at radius 1 is 1.04 bits per heavy atom. The first-order valence-corrected chi connectivity index (χ1v) is 8.47. The third kappa shape index (κ3) is 3.68. The predicted octanol–water partition coefficient (Wildman–Crippen LogP) is 0.313. The Kier molecular flexibility index (Phi) is 4.60. The molecule has 0 saturated carbocycles. The van der Waals surface area contributed by atoms with Crippen molar-refractivity contribution in [2.75, 3.05) is 26.2 Å². The Morgan fingerprint density at radius 3 is 2.41 bits per heavy atom. The van der Waals surface area contributed by atoms with Crippen molar-refractivity contribution in [1.82, 2.24) is 35.0 Å². The highest BCUT2D eigenvalue weighted by Crippen LogP contribution is 2.19. The normalized spacial score (nSPS) is 14.4. The number of aromatic nitrogens is 5. The van der Waals surface area contributed by atoms with Crippen molar-refractivity contribution in [1.29, 1.82) is 0 Å². The Balaban J connectivity index is 1.33. The highest BCUT2D eigenvalue weighted by atomic mass is 16.3. The van der Waals surface area contributed by atoms with Gasteiger partial charge in [-0.05, 0) is 22.6 Å². The molecule has 0 aliphatic carbocycles. The zero-order valence-corrected chi connectivity index (χ0v) is 14.4. The fourth-order valence-electron chi connectivity index (χ4n) is 2.97. The van der Waals surface area contributed by atoms with Crippen LogP contribution >= 0.6 is 0 Å². The molecule has 0 N–H and O–H groups in total. The van der Waals surface area contributed by atoms with E-state index in [0.717, 1.165) is 5.56 Å². The molecular weight excluding hydrogens is 350 g/mol. The number of benzene rings is 1. The molecule has 1 aliphatic rings. The number of piperazine rings is 1. The van der Waals surface area contributed by atoms with Crippen molar-refractivity contribution in [2.24, 2.45) is 0 Å². The number of hydrogen-bond acceptors (Lipinski definition) is 7. The lowest BCUT2D eigenvalue weighted by Gasteiger charge is -2.34. The second-order valence-electron chi connectivity index (χ2n) is 6.12. The highest BCUT2D eigenvalue weighted by Gasteiger charge is 2.25. The van der Waals surface area contributed by atoms with Crippen LogP contribution in [0.15, 0.2) is 47.6 Å². The van der Waals surface area contributed by atoms with Crippen molar-refractivity contribution in [3.05, 3.63) is 48.7 Å². The topological polar surface area (TPSA) is 110 Å². The largest absolute Gasteiger partial charge is 0.444 e. The lowest BCUT2D eigenvalue weighted by molar-refractivity contribution is -0.133. The SMILES string of the molecule is O=C(Cn1cnnn1)N1CCN(C(=O)c2ccc(-c3cnco3)cc2)CC1. The summed E-state index contributed by atoms with van der Waals surface area (Å²) in [4.78, 5) is 32.3. The molecule has 27 heavy (non-hydrogen) atoms. The average Bonchev–Trinajstić information content (AvgIpc) is 3.42. The first-order valence-electron chi connectivity index (χ1n) is 8.47. The Bertz CT molecular complexity index is 899. The molecule has 1 fully saturated rings. The maximum Gasteiger partial charge on any atom is 0.253 e. The molecule has 1 aliphatic heterocycles. The zero-order chi connectivity index (χ0) is 18.6. The number of amides is 2.